The molecule has 3 atom stereocenters. The van der Waals surface area contributed by atoms with Gasteiger partial charge in [0.05, 0.1) is 5.02 Å². The lowest BCUT2D eigenvalue weighted by Gasteiger charge is -2.23. The van der Waals surface area contributed by atoms with Crippen LogP contribution in [-0.4, -0.2) is 6.04 Å². The van der Waals surface area contributed by atoms with Crippen molar-refractivity contribution in [1.82, 2.24) is 5.32 Å². The quantitative estimate of drug-likeness (QED) is 0.865. The Morgan fingerprint density at radius 1 is 1.29 bits per heavy atom. The second-order valence-electron chi connectivity index (χ2n) is 5.38. The zero-order chi connectivity index (χ0) is 11.8. The lowest BCUT2D eigenvalue weighted by Crippen LogP contribution is -2.33. The minimum Gasteiger partial charge on any atom is -0.310 e. The summed E-state index contributed by atoms with van der Waals surface area (Å²) in [5, 5.41) is 3.72. The van der Waals surface area contributed by atoms with Crippen LogP contribution < -0.4 is 5.32 Å². The lowest BCUT2D eigenvalue weighted by molar-refractivity contribution is 0.349. The van der Waals surface area contributed by atoms with E-state index in [1.54, 1.807) is 12.1 Å². The molecule has 1 N–H and O–H groups in total. The van der Waals surface area contributed by atoms with Gasteiger partial charge in [-0.15, -0.1) is 0 Å². The van der Waals surface area contributed by atoms with Gasteiger partial charge in [0.15, 0.2) is 0 Å². The summed E-state index contributed by atoms with van der Waals surface area (Å²) in [6.45, 7) is 0.597. The highest BCUT2D eigenvalue weighted by Gasteiger charge is 2.39. The number of halogens is 2. The molecule has 92 valence electrons. The van der Waals surface area contributed by atoms with Crippen LogP contribution in [-0.2, 0) is 6.54 Å². The molecule has 2 aliphatic rings. The zero-order valence-electron chi connectivity index (χ0n) is 9.76. The second kappa shape index (κ2) is 4.58. The summed E-state index contributed by atoms with van der Waals surface area (Å²) in [6.07, 6.45) is 5.39. The second-order valence-corrected chi connectivity index (χ2v) is 5.78. The summed E-state index contributed by atoms with van der Waals surface area (Å²) in [4.78, 5) is 0. The molecule has 0 radical (unpaired) electrons. The Kier molecular flexibility index (Phi) is 3.10. The molecular weight excluding hydrogens is 237 g/mol. The number of hydrogen-bond acceptors (Lipinski definition) is 1. The molecule has 2 saturated carbocycles. The normalized spacial score (nSPS) is 31.1. The Morgan fingerprint density at radius 2 is 2.18 bits per heavy atom. The van der Waals surface area contributed by atoms with E-state index in [1.165, 1.54) is 25.7 Å². The molecule has 0 spiro atoms. The molecule has 2 fully saturated rings. The van der Waals surface area contributed by atoms with Gasteiger partial charge in [-0.1, -0.05) is 30.2 Å². The molecule has 3 unspecified atom stereocenters. The third-order valence-electron chi connectivity index (χ3n) is 4.32. The zero-order valence-corrected chi connectivity index (χ0v) is 10.5. The van der Waals surface area contributed by atoms with E-state index in [9.17, 15) is 4.39 Å². The van der Waals surface area contributed by atoms with Crippen molar-refractivity contribution in [1.29, 1.82) is 0 Å². The number of nitrogens with one attached hydrogen (secondary N) is 1. The Labute approximate surface area is 106 Å². The summed E-state index contributed by atoms with van der Waals surface area (Å²) in [6, 6.07) is 5.80. The highest BCUT2D eigenvalue weighted by molar-refractivity contribution is 6.30. The van der Waals surface area contributed by atoms with Crippen LogP contribution in [0.3, 0.4) is 0 Å². The van der Waals surface area contributed by atoms with Crippen LogP contribution in [0.1, 0.15) is 31.2 Å². The van der Waals surface area contributed by atoms with Gasteiger partial charge in [0.2, 0.25) is 0 Å². The van der Waals surface area contributed by atoms with E-state index in [1.807, 2.05) is 6.07 Å². The van der Waals surface area contributed by atoms with Crippen molar-refractivity contribution in [3.63, 3.8) is 0 Å². The molecule has 3 heteroatoms. The average molecular weight is 254 g/mol. The van der Waals surface area contributed by atoms with Crippen LogP contribution in [0.15, 0.2) is 18.2 Å². The fourth-order valence-corrected chi connectivity index (χ4v) is 3.61. The van der Waals surface area contributed by atoms with Crippen LogP contribution in [0.5, 0.6) is 0 Å². The molecule has 1 aromatic rings. The molecule has 0 heterocycles. The van der Waals surface area contributed by atoms with Gasteiger partial charge in [0.1, 0.15) is 5.82 Å². The van der Waals surface area contributed by atoms with Crippen molar-refractivity contribution in [3.8, 4) is 0 Å². The SMILES string of the molecule is Fc1c(Cl)cccc1CNC1CC2CCC1C2. The molecule has 17 heavy (non-hydrogen) atoms. The van der Waals surface area contributed by atoms with E-state index in [0.29, 0.717) is 18.2 Å². The number of benzene rings is 1. The van der Waals surface area contributed by atoms with Gasteiger partial charge >= 0.3 is 0 Å². The van der Waals surface area contributed by atoms with Crippen molar-refractivity contribution in [2.24, 2.45) is 11.8 Å². The minimum absolute atomic E-state index is 0.220. The molecule has 1 aromatic carbocycles. The van der Waals surface area contributed by atoms with Crippen molar-refractivity contribution in [2.75, 3.05) is 0 Å². The van der Waals surface area contributed by atoms with E-state index >= 15 is 0 Å². The van der Waals surface area contributed by atoms with Crippen molar-refractivity contribution < 1.29 is 4.39 Å². The Balaban J connectivity index is 1.62. The van der Waals surface area contributed by atoms with E-state index in [-0.39, 0.29) is 10.8 Å². The first-order chi connectivity index (χ1) is 8.24. The van der Waals surface area contributed by atoms with Crippen LogP contribution in [0.2, 0.25) is 5.02 Å². The third-order valence-corrected chi connectivity index (χ3v) is 4.62. The van der Waals surface area contributed by atoms with Gasteiger partial charge in [-0.05, 0) is 37.2 Å². The molecule has 0 saturated heterocycles. The molecular formula is C14H17ClFN. The summed E-state index contributed by atoms with van der Waals surface area (Å²) >= 11 is 5.77. The predicted molar refractivity (Wildman–Crippen MR) is 67.5 cm³/mol. The maximum atomic E-state index is 13.7. The van der Waals surface area contributed by atoms with Crippen molar-refractivity contribution >= 4 is 11.6 Å². The molecule has 0 amide bonds. The van der Waals surface area contributed by atoms with Gasteiger partial charge in [0, 0.05) is 18.2 Å². The predicted octanol–water partition coefficient (Wildman–Crippen LogP) is 3.76. The fraction of sp³-hybridized carbons (Fsp3) is 0.571. The van der Waals surface area contributed by atoms with Gasteiger partial charge < -0.3 is 5.32 Å². The van der Waals surface area contributed by atoms with Gasteiger partial charge in [0.25, 0.3) is 0 Å². The monoisotopic (exact) mass is 253 g/mol. The van der Waals surface area contributed by atoms with E-state index in [0.717, 1.165) is 11.8 Å². The summed E-state index contributed by atoms with van der Waals surface area (Å²) in [5.41, 5.74) is 0.681. The van der Waals surface area contributed by atoms with E-state index in [4.69, 9.17) is 11.6 Å². The fourth-order valence-electron chi connectivity index (χ4n) is 3.42. The first-order valence-electron chi connectivity index (χ1n) is 6.40. The Morgan fingerprint density at radius 3 is 2.88 bits per heavy atom. The number of hydrogen-bond donors (Lipinski definition) is 1. The number of fused-ring (bicyclic) bond motifs is 2. The Hall–Kier alpha value is -0.600. The van der Waals surface area contributed by atoms with Crippen molar-refractivity contribution in [3.05, 3.63) is 34.6 Å². The first-order valence-corrected chi connectivity index (χ1v) is 6.78. The van der Waals surface area contributed by atoms with Crippen LogP contribution in [0, 0.1) is 17.7 Å². The molecule has 2 bridgehead atoms. The van der Waals surface area contributed by atoms with Gasteiger partial charge in [-0.25, -0.2) is 4.39 Å². The highest BCUT2D eigenvalue weighted by Crippen LogP contribution is 2.44. The smallest absolute Gasteiger partial charge is 0.146 e. The summed E-state index contributed by atoms with van der Waals surface area (Å²) < 4.78 is 13.7. The van der Waals surface area contributed by atoms with E-state index in [2.05, 4.69) is 5.32 Å². The van der Waals surface area contributed by atoms with Crippen LogP contribution >= 0.6 is 11.6 Å². The topological polar surface area (TPSA) is 12.0 Å². The first kappa shape index (κ1) is 11.5. The Bertz CT molecular complexity index is 421. The van der Waals surface area contributed by atoms with Gasteiger partial charge in [-0.2, -0.15) is 0 Å². The molecule has 2 aliphatic carbocycles. The van der Waals surface area contributed by atoms with Crippen LogP contribution in [0.4, 0.5) is 4.39 Å². The molecule has 3 rings (SSSR count). The number of rotatable bonds is 3. The molecule has 0 aromatic heterocycles. The molecule has 0 aliphatic heterocycles. The average Bonchev–Trinajstić information content (AvgIpc) is 2.93. The minimum atomic E-state index is -0.273. The summed E-state index contributed by atoms with van der Waals surface area (Å²) in [5.74, 6) is 1.47. The van der Waals surface area contributed by atoms with Gasteiger partial charge in [-0.3, -0.25) is 0 Å². The maximum Gasteiger partial charge on any atom is 0.146 e. The van der Waals surface area contributed by atoms with E-state index < -0.39 is 0 Å². The summed E-state index contributed by atoms with van der Waals surface area (Å²) in [7, 11) is 0. The maximum absolute atomic E-state index is 13.7. The molecule has 1 nitrogen and oxygen atoms in total. The van der Waals surface area contributed by atoms with Crippen LogP contribution in [0.25, 0.3) is 0 Å². The third kappa shape index (κ3) is 2.21. The largest absolute Gasteiger partial charge is 0.310 e. The highest BCUT2D eigenvalue weighted by atomic mass is 35.5. The van der Waals surface area contributed by atoms with Crippen molar-refractivity contribution in [2.45, 2.75) is 38.3 Å². The lowest BCUT2D eigenvalue weighted by atomic mass is 9.95. The standard InChI is InChI=1S/C14H17ClFN/c15-12-3-1-2-11(14(12)16)8-17-13-7-9-4-5-10(13)6-9/h1-3,9-10,13,17H,4-8H2.